The molecule has 0 unspecified atom stereocenters. The Labute approximate surface area is 151 Å². The third kappa shape index (κ3) is 4.22. The number of nitrogens with zero attached hydrogens (tertiary/aromatic N) is 2. The van der Waals surface area contributed by atoms with Gasteiger partial charge in [0.15, 0.2) is 5.60 Å². The predicted molar refractivity (Wildman–Crippen MR) is 93.5 cm³/mol. The Kier molecular flexibility index (Phi) is 5.11. The first kappa shape index (κ1) is 19.5. The topological polar surface area (TPSA) is 124 Å². The summed E-state index contributed by atoms with van der Waals surface area (Å²) < 4.78 is 11.0. The van der Waals surface area contributed by atoms with Crippen LogP contribution < -0.4 is 15.8 Å². The molecule has 0 aromatic carbocycles. The van der Waals surface area contributed by atoms with E-state index in [1.165, 1.54) is 20.2 Å². The Hall–Kier alpha value is -2.84. The van der Waals surface area contributed by atoms with Crippen molar-refractivity contribution >= 4 is 23.6 Å². The van der Waals surface area contributed by atoms with Gasteiger partial charge in [-0.1, -0.05) is 0 Å². The van der Waals surface area contributed by atoms with E-state index in [2.05, 4.69) is 10.3 Å². The number of likely N-dealkylation sites (N-methyl/N-ethyl adjacent to an activating group) is 1. The molecule has 9 heteroatoms. The number of primary amides is 1. The lowest BCUT2D eigenvalue weighted by Crippen LogP contribution is -2.56. The Bertz CT molecular complexity index is 730. The summed E-state index contributed by atoms with van der Waals surface area (Å²) in [6.45, 7) is 6.64. The number of nitrogens with two attached hydrogens (primary N) is 1. The summed E-state index contributed by atoms with van der Waals surface area (Å²) in [5, 5.41) is 2.69. The highest BCUT2D eigenvalue weighted by Gasteiger charge is 2.45. The summed E-state index contributed by atoms with van der Waals surface area (Å²) in [5.41, 5.74) is 3.73. The number of carbonyl (C=O) groups is 3. The van der Waals surface area contributed by atoms with E-state index >= 15 is 0 Å². The first-order chi connectivity index (χ1) is 11.9. The van der Waals surface area contributed by atoms with Gasteiger partial charge in [0.1, 0.15) is 17.3 Å². The Balaban J connectivity index is 2.23. The van der Waals surface area contributed by atoms with E-state index < -0.39 is 35.2 Å². The summed E-state index contributed by atoms with van der Waals surface area (Å²) >= 11 is 0. The zero-order valence-electron chi connectivity index (χ0n) is 15.5. The number of hydrogen-bond acceptors (Lipinski definition) is 6. The zero-order valence-corrected chi connectivity index (χ0v) is 15.5. The van der Waals surface area contributed by atoms with Crippen molar-refractivity contribution in [2.45, 2.75) is 51.4 Å². The van der Waals surface area contributed by atoms with Gasteiger partial charge in [0.25, 0.3) is 5.91 Å². The molecule has 0 saturated heterocycles. The molecule has 0 aliphatic carbocycles. The van der Waals surface area contributed by atoms with Crippen LogP contribution in [-0.2, 0) is 14.3 Å². The third-order valence-electron chi connectivity index (χ3n) is 3.88. The van der Waals surface area contributed by atoms with Crippen molar-refractivity contribution in [2.24, 2.45) is 5.73 Å². The van der Waals surface area contributed by atoms with Gasteiger partial charge in [0.05, 0.1) is 0 Å². The molecule has 1 aliphatic rings. The van der Waals surface area contributed by atoms with Crippen LogP contribution in [0.25, 0.3) is 0 Å². The molecule has 1 aromatic rings. The number of rotatable bonds is 4. The van der Waals surface area contributed by atoms with Crippen molar-refractivity contribution in [1.29, 1.82) is 0 Å². The fraction of sp³-hybridized carbons (Fsp3) is 0.529. The molecular formula is C17H24N4O5. The number of aromatic nitrogens is 1. The molecule has 2 atom stereocenters. The molecule has 0 spiro atoms. The second-order valence-corrected chi connectivity index (χ2v) is 7.36. The van der Waals surface area contributed by atoms with Crippen LogP contribution in [0.15, 0.2) is 18.3 Å². The van der Waals surface area contributed by atoms with E-state index in [9.17, 15) is 14.4 Å². The second kappa shape index (κ2) is 6.81. The average molecular weight is 364 g/mol. The van der Waals surface area contributed by atoms with Crippen LogP contribution in [-0.4, -0.2) is 52.1 Å². The maximum atomic E-state index is 12.5. The Morgan fingerprint density at radius 2 is 2.12 bits per heavy atom. The lowest BCUT2D eigenvalue weighted by molar-refractivity contribution is -0.135. The molecule has 0 saturated carbocycles. The molecule has 0 fully saturated rings. The first-order valence-corrected chi connectivity index (χ1v) is 8.13. The fourth-order valence-corrected chi connectivity index (χ4v) is 2.47. The highest BCUT2D eigenvalue weighted by atomic mass is 16.6. The van der Waals surface area contributed by atoms with Gasteiger partial charge in [0, 0.05) is 19.7 Å². The molecule has 26 heavy (non-hydrogen) atoms. The number of carbonyl (C=O) groups excluding carboxylic acids is 3. The van der Waals surface area contributed by atoms with Crippen molar-refractivity contribution in [3.05, 3.63) is 18.3 Å². The number of amides is 3. The number of ether oxygens (including phenoxy) is 2. The largest absolute Gasteiger partial charge is 0.460 e. The first-order valence-electron chi connectivity index (χ1n) is 8.13. The highest BCUT2D eigenvalue weighted by Crippen LogP contribution is 2.34. The molecule has 2 rings (SSSR count). The SMILES string of the molecule is CN(C(=O)OC(C)(C)C)[C@@H](C[C@]1(C)Oc2ncccc2NC1=O)C(N)=O. The molecule has 3 amide bonds. The molecule has 1 aromatic heterocycles. The molecule has 9 nitrogen and oxygen atoms in total. The highest BCUT2D eigenvalue weighted by molar-refractivity contribution is 6.00. The van der Waals surface area contributed by atoms with Crippen LogP contribution in [0.4, 0.5) is 10.5 Å². The van der Waals surface area contributed by atoms with E-state index in [0.717, 1.165) is 4.90 Å². The van der Waals surface area contributed by atoms with E-state index in [4.69, 9.17) is 15.2 Å². The number of pyridine rings is 1. The van der Waals surface area contributed by atoms with E-state index in [1.54, 1.807) is 32.9 Å². The van der Waals surface area contributed by atoms with Gasteiger partial charge in [-0.15, -0.1) is 0 Å². The lowest BCUT2D eigenvalue weighted by Gasteiger charge is -2.37. The van der Waals surface area contributed by atoms with Gasteiger partial charge in [0.2, 0.25) is 11.8 Å². The Morgan fingerprint density at radius 3 is 2.69 bits per heavy atom. The number of nitrogens with one attached hydrogen (secondary N) is 1. The second-order valence-electron chi connectivity index (χ2n) is 7.36. The number of anilines is 1. The Morgan fingerprint density at radius 1 is 1.46 bits per heavy atom. The van der Waals surface area contributed by atoms with E-state index in [0.29, 0.717) is 5.69 Å². The van der Waals surface area contributed by atoms with Gasteiger partial charge in [-0.3, -0.25) is 14.5 Å². The molecule has 2 heterocycles. The van der Waals surface area contributed by atoms with Crippen molar-refractivity contribution in [3.8, 4) is 5.88 Å². The molecule has 1 aliphatic heterocycles. The summed E-state index contributed by atoms with van der Waals surface area (Å²) in [4.78, 5) is 41.9. The minimum Gasteiger partial charge on any atom is -0.460 e. The van der Waals surface area contributed by atoms with E-state index in [-0.39, 0.29) is 12.3 Å². The van der Waals surface area contributed by atoms with Gasteiger partial charge in [-0.25, -0.2) is 9.78 Å². The maximum absolute atomic E-state index is 12.5. The number of fused-ring (bicyclic) bond motifs is 1. The summed E-state index contributed by atoms with van der Waals surface area (Å²) in [6, 6.07) is 2.21. The van der Waals surface area contributed by atoms with Crippen LogP contribution >= 0.6 is 0 Å². The number of hydrogen-bond donors (Lipinski definition) is 2. The van der Waals surface area contributed by atoms with Crippen LogP contribution in [0.2, 0.25) is 0 Å². The minimum absolute atomic E-state index is 0.153. The summed E-state index contributed by atoms with van der Waals surface area (Å²) in [6.07, 6.45) is 0.648. The summed E-state index contributed by atoms with van der Waals surface area (Å²) in [5.74, 6) is -0.998. The molecule has 0 bridgehead atoms. The van der Waals surface area contributed by atoms with Crippen LogP contribution in [0.3, 0.4) is 0 Å². The maximum Gasteiger partial charge on any atom is 0.410 e. The smallest absolute Gasteiger partial charge is 0.410 e. The van der Waals surface area contributed by atoms with Crippen molar-refractivity contribution in [3.63, 3.8) is 0 Å². The molecule has 0 radical (unpaired) electrons. The van der Waals surface area contributed by atoms with E-state index in [1.807, 2.05) is 0 Å². The van der Waals surface area contributed by atoms with Crippen LogP contribution in [0, 0.1) is 0 Å². The average Bonchev–Trinajstić information content (AvgIpc) is 2.51. The molecular weight excluding hydrogens is 340 g/mol. The van der Waals surface area contributed by atoms with Gasteiger partial charge in [-0.05, 0) is 39.8 Å². The predicted octanol–water partition coefficient (Wildman–Crippen LogP) is 1.28. The van der Waals surface area contributed by atoms with Crippen molar-refractivity contribution in [2.75, 3.05) is 12.4 Å². The standard InChI is InChI=1S/C17H24N4O5/c1-16(2,3)26-15(24)21(5)11(12(18)22)9-17(4)14(23)20-10-7-6-8-19-13(10)25-17/h6-8,11H,9H2,1-5H3,(H2,18,22)(H,20,23)/t11-,17-/m0/s1. The molecule has 3 N–H and O–H groups in total. The van der Waals surface area contributed by atoms with Crippen LogP contribution in [0.1, 0.15) is 34.1 Å². The fourth-order valence-electron chi connectivity index (χ4n) is 2.47. The zero-order chi connectivity index (χ0) is 19.7. The minimum atomic E-state index is -1.43. The summed E-state index contributed by atoms with van der Waals surface area (Å²) in [7, 11) is 1.39. The molecule has 142 valence electrons. The van der Waals surface area contributed by atoms with Gasteiger partial charge in [-0.2, -0.15) is 0 Å². The van der Waals surface area contributed by atoms with Crippen molar-refractivity contribution < 1.29 is 23.9 Å². The third-order valence-corrected chi connectivity index (χ3v) is 3.88. The van der Waals surface area contributed by atoms with Gasteiger partial charge < -0.3 is 20.5 Å². The van der Waals surface area contributed by atoms with Crippen molar-refractivity contribution in [1.82, 2.24) is 9.88 Å². The lowest BCUT2D eigenvalue weighted by atomic mass is 9.93. The quantitative estimate of drug-likeness (QED) is 0.829. The van der Waals surface area contributed by atoms with Crippen LogP contribution in [0.5, 0.6) is 5.88 Å². The van der Waals surface area contributed by atoms with Gasteiger partial charge >= 0.3 is 6.09 Å². The monoisotopic (exact) mass is 364 g/mol. The normalized spacial score (nSPS) is 20.3.